The first-order valence-electron chi connectivity index (χ1n) is 5.51. The quantitative estimate of drug-likeness (QED) is 0.923. The van der Waals surface area contributed by atoms with E-state index in [9.17, 15) is 4.39 Å². The minimum atomic E-state index is -0.227. The van der Waals surface area contributed by atoms with Crippen LogP contribution >= 0.6 is 15.9 Å². The van der Waals surface area contributed by atoms with Gasteiger partial charge in [0.2, 0.25) is 0 Å². The highest BCUT2D eigenvalue weighted by atomic mass is 79.9. The highest BCUT2D eigenvalue weighted by molar-refractivity contribution is 9.10. The molecule has 0 amide bonds. The van der Waals surface area contributed by atoms with Crippen molar-refractivity contribution in [1.82, 2.24) is 5.32 Å². The summed E-state index contributed by atoms with van der Waals surface area (Å²) in [5.74, 6) is -0.227. The van der Waals surface area contributed by atoms with Crippen molar-refractivity contribution in [3.8, 4) is 0 Å². The van der Waals surface area contributed by atoms with Crippen molar-refractivity contribution in [2.45, 2.75) is 25.6 Å². The fourth-order valence-corrected chi connectivity index (χ4v) is 2.38. The van der Waals surface area contributed by atoms with Crippen molar-refractivity contribution in [3.63, 3.8) is 0 Å². The van der Waals surface area contributed by atoms with Crippen molar-refractivity contribution in [1.29, 1.82) is 0 Å². The topological polar surface area (TPSA) is 21.3 Å². The average molecular weight is 288 g/mol. The summed E-state index contributed by atoms with van der Waals surface area (Å²) in [7, 11) is 0. The number of benzene rings is 1. The van der Waals surface area contributed by atoms with Crippen LogP contribution in [-0.2, 0) is 11.3 Å². The number of ether oxygens (including phenoxy) is 1. The van der Waals surface area contributed by atoms with Crippen LogP contribution in [0.2, 0.25) is 0 Å². The molecule has 1 aromatic carbocycles. The number of rotatable bonds is 3. The first-order chi connectivity index (χ1) is 7.74. The molecule has 0 saturated carbocycles. The fourth-order valence-electron chi connectivity index (χ4n) is 1.87. The molecule has 0 bridgehead atoms. The van der Waals surface area contributed by atoms with Crippen LogP contribution in [0, 0.1) is 5.82 Å². The molecule has 1 aliphatic heterocycles. The normalized spacial score (nSPS) is 21.0. The van der Waals surface area contributed by atoms with Gasteiger partial charge in [-0.25, -0.2) is 4.39 Å². The summed E-state index contributed by atoms with van der Waals surface area (Å²) in [4.78, 5) is 0. The zero-order valence-corrected chi connectivity index (χ0v) is 10.6. The van der Waals surface area contributed by atoms with Crippen LogP contribution in [0.1, 0.15) is 18.4 Å². The number of hydrogen-bond donors (Lipinski definition) is 1. The lowest BCUT2D eigenvalue weighted by atomic mass is 10.1. The van der Waals surface area contributed by atoms with Crippen molar-refractivity contribution in [2.24, 2.45) is 0 Å². The molecule has 0 aromatic heterocycles. The zero-order chi connectivity index (χ0) is 11.4. The molecule has 0 aliphatic carbocycles. The standard InChI is InChI=1S/C12H15BrFNO/c13-10-4-9(5-11(14)6-10)8-16-12-2-1-3-15-7-12/h4-6,12,15H,1-3,7-8H2. The molecular weight excluding hydrogens is 273 g/mol. The molecule has 4 heteroatoms. The Morgan fingerprint density at radius 3 is 3.00 bits per heavy atom. The molecule has 1 aliphatic rings. The van der Waals surface area contributed by atoms with Crippen LogP contribution < -0.4 is 5.32 Å². The van der Waals surface area contributed by atoms with Gasteiger partial charge in [0.05, 0.1) is 12.7 Å². The zero-order valence-electron chi connectivity index (χ0n) is 9.01. The molecule has 1 unspecified atom stereocenters. The molecule has 1 heterocycles. The SMILES string of the molecule is Fc1cc(Br)cc(COC2CCCNC2)c1. The minimum absolute atomic E-state index is 0.227. The van der Waals surface area contributed by atoms with Crippen molar-refractivity contribution >= 4 is 15.9 Å². The summed E-state index contributed by atoms with van der Waals surface area (Å²) in [5, 5.41) is 3.29. The lowest BCUT2D eigenvalue weighted by molar-refractivity contribution is 0.0251. The van der Waals surface area contributed by atoms with Gasteiger partial charge >= 0.3 is 0 Å². The van der Waals surface area contributed by atoms with Crippen LogP contribution in [-0.4, -0.2) is 19.2 Å². The molecule has 16 heavy (non-hydrogen) atoms. The largest absolute Gasteiger partial charge is 0.372 e. The Kier molecular flexibility index (Phi) is 4.32. The number of piperidine rings is 1. The molecule has 1 aromatic rings. The molecule has 2 rings (SSSR count). The first-order valence-corrected chi connectivity index (χ1v) is 6.30. The average Bonchev–Trinajstić information content (AvgIpc) is 2.27. The van der Waals surface area contributed by atoms with E-state index in [1.54, 1.807) is 0 Å². The van der Waals surface area contributed by atoms with Gasteiger partial charge in [-0.15, -0.1) is 0 Å². The van der Waals surface area contributed by atoms with Gasteiger partial charge < -0.3 is 10.1 Å². The third-order valence-electron chi connectivity index (χ3n) is 2.66. The summed E-state index contributed by atoms with van der Waals surface area (Å²) < 4.78 is 19.6. The van der Waals surface area contributed by atoms with E-state index in [0.717, 1.165) is 36.0 Å². The monoisotopic (exact) mass is 287 g/mol. The number of nitrogens with one attached hydrogen (secondary N) is 1. The lowest BCUT2D eigenvalue weighted by Crippen LogP contribution is -2.35. The van der Waals surface area contributed by atoms with Crippen molar-refractivity contribution < 1.29 is 9.13 Å². The maximum atomic E-state index is 13.1. The number of halogens is 2. The Bertz CT molecular complexity index is 333. The lowest BCUT2D eigenvalue weighted by Gasteiger charge is -2.23. The maximum Gasteiger partial charge on any atom is 0.124 e. The highest BCUT2D eigenvalue weighted by Gasteiger charge is 2.13. The maximum absolute atomic E-state index is 13.1. The highest BCUT2D eigenvalue weighted by Crippen LogP contribution is 2.17. The minimum Gasteiger partial charge on any atom is -0.372 e. The Balaban J connectivity index is 1.88. The summed E-state index contributed by atoms with van der Waals surface area (Å²) in [6.45, 7) is 2.45. The van der Waals surface area contributed by atoms with Gasteiger partial charge in [-0.2, -0.15) is 0 Å². The Morgan fingerprint density at radius 1 is 1.44 bits per heavy atom. The predicted molar refractivity (Wildman–Crippen MR) is 64.8 cm³/mol. The van der Waals surface area contributed by atoms with Gasteiger partial charge in [0.1, 0.15) is 5.82 Å². The Labute approximate surface area is 103 Å². The molecule has 1 fully saturated rings. The third-order valence-corrected chi connectivity index (χ3v) is 3.12. The second-order valence-corrected chi connectivity index (χ2v) is 4.97. The van der Waals surface area contributed by atoms with Crippen molar-refractivity contribution in [3.05, 3.63) is 34.1 Å². The van der Waals surface area contributed by atoms with Gasteiger partial charge in [-0.05, 0) is 43.1 Å². The van der Waals surface area contributed by atoms with Crippen LogP contribution in [0.25, 0.3) is 0 Å². The summed E-state index contributed by atoms with van der Waals surface area (Å²) in [5.41, 5.74) is 0.873. The van der Waals surface area contributed by atoms with Gasteiger partial charge in [-0.1, -0.05) is 15.9 Å². The summed E-state index contributed by atoms with van der Waals surface area (Å²) in [6.07, 6.45) is 2.50. The molecule has 1 N–H and O–H groups in total. The third kappa shape index (κ3) is 3.54. The number of hydrogen-bond acceptors (Lipinski definition) is 2. The van der Waals surface area contributed by atoms with Crippen LogP contribution in [0.5, 0.6) is 0 Å². The molecule has 0 spiro atoms. The van der Waals surface area contributed by atoms with Crippen LogP contribution in [0.15, 0.2) is 22.7 Å². The van der Waals surface area contributed by atoms with E-state index in [-0.39, 0.29) is 11.9 Å². The summed E-state index contributed by atoms with van der Waals surface area (Å²) >= 11 is 3.27. The van der Waals surface area contributed by atoms with E-state index < -0.39 is 0 Å². The molecule has 0 radical (unpaired) electrons. The second-order valence-electron chi connectivity index (χ2n) is 4.06. The van der Waals surface area contributed by atoms with E-state index in [0.29, 0.717) is 6.61 Å². The first kappa shape index (κ1) is 12.0. The van der Waals surface area contributed by atoms with E-state index >= 15 is 0 Å². The molecule has 1 saturated heterocycles. The van der Waals surface area contributed by atoms with Crippen LogP contribution in [0.3, 0.4) is 0 Å². The second kappa shape index (κ2) is 5.75. The fraction of sp³-hybridized carbons (Fsp3) is 0.500. The predicted octanol–water partition coefficient (Wildman–Crippen LogP) is 2.86. The smallest absolute Gasteiger partial charge is 0.124 e. The Morgan fingerprint density at radius 2 is 2.31 bits per heavy atom. The van der Waals surface area contributed by atoms with E-state index in [4.69, 9.17) is 4.74 Å². The van der Waals surface area contributed by atoms with Gasteiger partial charge in [0.15, 0.2) is 0 Å². The van der Waals surface area contributed by atoms with E-state index in [1.807, 2.05) is 6.07 Å². The molecular formula is C12H15BrFNO. The summed E-state index contributed by atoms with van der Waals surface area (Å²) in [6, 6.07) is 4.85. The van der Waals surface area contributed by atoms with E-state index in [2.05, 4.69) is 21.2 Å². The van der Waals surface area contributed by atoms with Gasteiger partial charge in [-0.3, -0.25) is 0 Å². The molecule has 2 nitrogen and oxygen atoms in total. The van der Waals surface area contributed by atoms with Gasteiger partial charge in [0, 0.05) is 11.0 Å². The van der Waals surface area contributed by atoms with Crippen molar-refractivity contribution in [2.75, 3.05) is 13.1 Å². The van der Waals surface area contributed by atoms with E-state index in [1.165, 1.54) is 12.1 Å². The Hall–Kier alpha value is -0.450. The molecule has 1 atom stereocenters. The molecule has 88 valence electrons. The van der Waals surface area contributed by atoms with Crippen LogP contribution in [0.4, 0.5) is 4.39 Å². The van der Waals surface area contributed by atoms with Gasteiger partial charge in [0.25, 0.3) is 0 Å².